The van der Waals surface area contributed by atoms with E-state index in [1.54, 1.807) is 25.2 Å². The van der Waals surface area contributed by atoms with E-state index in [1.807, 2.05) is 37.3 Å². The first-order valence-corrected chi connectivity index (χ1v) is 8.56. The maximum atomic E-state index is 12.6. The third-order valence-electron chi connectivity index (χ3n) is 3.98. The van der Waals surface area contributed by atoms with E-state index in [0.29, 0.717) is 34.5 Å². The van der Waals surface area contributed by atoms with E-state index in [9.17, 15) is 9.59 Å². The number of hydrogen-bond donors (Lipinski definition) is 1. The average Bonchev–Trinajstić information content (AvgIpc) is 2.65. The van der Waals surface area contributed by atoms with Crippen LogP contribution in [0.15, 0.2) is 53.3 Å². The van der Waals surface area contributed by atoms with Crippen molar-refractivity contribution < 1.29 is 9.53 Å². The molecule has 0 bridgehead atoms. The average molecular weight is 351 g/mol. The summed E-state index contributed by atoms with van der Waals surface area (Å²) in [5.74, 6) is 0.426. The number of hydrogen-bond acceptors (Lipinski definition) is 4. The molecule has 1 N–H and O–H groups in total. The molecule has 0 radical (unpaired) electrons. The molecule has 0 spiro atoms. The Morgan fingerprint density at radius 3 is 2.58 bits per heavy atom. The Balaban J connectivity index is 1.85. The Hall–Kier alpha value is -3.15. The van der Waals surface area contributed by atoms with E-state index in [1.165, 1.54) is 4.68 Å². The summed E-state index contributed by atoms with van der Waals surface area (Å²) in [5.41, 5.74) is 1.01. The van der Waals surface area contributed by atoms with Crippen molar-refractivity contribution in [3.63, 3.8) is 0 Å². The number of anilines is 1. The maximum Gasteiger partial charge on any atom is 0.274 e. The number of fused-ring (bicyclic) bond motifs is 1. The van der Waals surface area contributed by atoms with Gasteiger partial charge < -0.3 is 10.1 Å². The summed E-state index contributed by atoms with van der Waals surface area (Å²) in [6.07, 6.45) is 0.951. The number of para-hydroxylation sites is 2. The Morgan fingerprint density at radius 1 is 1.12 bits per heavy atom. The second-order valence-electron chi connectivity index (χ2n) is 5.99. The molecule has 6 heteroatoms. The summed E-state index contributed by atoms with van der Waals surface area (Å²) in [6.45, 7) is 2.61. The minimum Gasteiger partial charge on any atom is -0.491 e. The Labute approximate surface area is 151 Å². The molecule has 3 aromatic rings. The summed E-state index contributed by atoms with van der Waals surface area (Å²) in [5, 5.41) is 8.39. The number of amides is 1. The van der Waals surface area contributed by atoms with Gasteiger partial charge in [-0.3, -0.25) is 9.59 Å². The van der Waals surface area contributed by atoms with Crippen LogP contribution in [0, 0.1) is 0 Å². The Morgan fingerprint density at radius 2 is 1.81 bits per heavy atom. The zero-order chi connectivity index (χ0) is 18.5. The number of rotatable bonds is 6. The molecule has 3 rings (SSSR count). The monoisotopic (exact) mass is 351 g/mol. The van der Waals surface area contributed by atoms with E-state index >= 15 is 0 Å². The molecular formula is C20H21N3O3. The van der Waals surface area contributed by atoms with Gasteiger partial charge in [-0.15, -0.1) is 0 Å². The largest absolute Gasteiger partial charge is 0.491 e. The highest BCUT2D eigenvalue weighted by Gasteiger charge is 2.14. The normalized spacial score (nSPS) is 10.7. The third kappa shape index (κ3) is 3.74. The molecule has 0 aliphatic carbocycles. The van der Waals surface area contributed by atoms with Crippen LogP contribution in [0.5, 0.6) is 5.75 Å². The minimum atomic E-state index is -0.214. The summed E-state index contributed by atoms with van der Waals surface area (Å²) >= 11 is 0. The molecule has 1 aromatic heterocycles. The SMILES string of the molecule is CCCOc1ccccc1NC(=O)Cc1nn(C)c(=O)c2ccccc12. The molecule has 2 aromatic carbocycles. The fourth-order valence-corrected chi connectivity index (χ4v) is 2.76. The summed E-state index contributed by atoms with van der Waals surface area (Å²) < 4.78 is 6.93. The molecule has 0 saturated carbocycles. The van der Waals surface area contributed by atoms with Crippen molar-refractivity contribution in [3.05, 3.63) is 64.6 Å². The predicted molar refractivity (Wildman–Crippen MR) is 102 cm³/mol. The number of aromatic nitrogens is 2. The van der Waals surface area contributed by atoms with E-state index in [2.05, 4.69) is 10.4 Å². The predicted octanol–water partition coefficient (Wildman–Crippen LogP) is 2.90. The molecule has 26 heavy (non-hydrogen) atoms. The molecule has 0 fully saturated rings. The first-order valence-electron chi connectivity index (χ1n) is 8.56. The van der Waals surface area contributed by atoms with Gasteiger partial charge in [0.05, 0.1) is 29.8 Å². The van der Waals surface area contributed by atoms with Crippen LogP contribution < -0.4 is 15.6 Å². The molecule has 0 aliphatic rings. The molecule has 0 aliphatic heterocycles. The van der Waals surface area contributed by atoms with Gasteiger partial charge in [-0.1, -0.05) is 37.3 Å². The van der Waals surface area contributed by atoms with Crippen LogP contribution in [0.1, 0.15) is 19.0 Å². The second kappa shape index (κ2) is 7.82. The number of carbonyl (C=O) groups excluding carboxylic acids is 1. The number of nitrogens with zero attached hydrogens (tertiary/aromatic N) is 2. The van der Waals surface area contributed by atoms with Crippen LogP contribution in [0.2, 0.25) is 0 Å². The van der Waals surface area contributed by atoms with Gasteiger partial charge in [0, 0.05) is 12.4 Å². The lowest BCUT2D eigenvalue weighted by Crippen LogP contribution is -2.24. The lowest BCUT2D eigenvalue weighted by molar-refractivity contribution is -0.115. The van der Waals surface area contributed by atoms with Gasteiger partial charge in [-0.25, -0.2) is 4.68 Å². The highest BCUT2D eigenvalue weighted by molar-refractivity contribution is 5.96. The zero-order valence-electron chi connectivity index (χ0n) is 14.9. The van der Waals surface area contributed by atoms with Crippen molar-refractivity contribution in [3.8, 4) is 5.75 Å². The molecule has 6 nitrogen and oxygen atoms in total. The lowest BCUT2D eigenvalue weighted by Gasteiger charge is -2.12. The molecule has 134 valence electrons. The van der Waals surface area contributed by atoms with Crippen molar-refractivity contribution in [1.82, 2.24) is 9.78 Å². The van der Waals surface area contributed by atoms with Crippen LogP contribution in [0.25, 0.3) is 10.8 Å². The lowest BCUT2D eigenvalue weighted by atomic mass is 10.1. The number of aryl methyl sites for hydroxylation is 1. The van der Waals surface area contributed by atoms with Crippen molar-refractivity contribution in [1.29, 1.82) is 0 Å². The highest BCUT2D eigenvalue weighted by Crippen LogP contribution is 2.24. The van der Waals surface area contributed by atoms with Crippen molar-refractivity contribution in [2.45, 2.75) is 19.8 Å². The fraction of sp³-hybridized carbons (Fsp3) is 0.250. The zero-order valence-corrected chi connectivity index (χ0v) is 14.9. The van der Waals surface area contributed by atoms with Crippen LogP contribution in [0.3, 0.4) is 0 Å². The van der Waals surface area contributed by atoms with E-state index in [0.717, 1.165) is 6.42 Å². The highest BCUT2D eigenvalue weighted by atomic mass is 16.5. The van der Waals surface area contributed by atoms with E-state index in [-0.39, 0.29) is 17.9 Å². The van der Waals surface area contributed by atoms with E-state index in [4.69, 9.17) is 4.74 Å². The molecule has 0 saturated heterocycles. The first kappa shape index (κ1) is 17.7. The van der Waals surface area contributed by atoms with Gasteiger partial charge in [0.15, 0.2) is 0 Å². The summed E-state index contributed by atoms with van der Waals surface area (Å²) in [7, 11) is 1.59. The number of benzene rings is 2. The van der Waals surface area contributed by atoms with Gasteiger partial charge in [-0.05, 0) is 24.6 Å². The Bertz CT molecular complexity index is 995. The van der Waals surface area contributed by atoms with Crippen LogP contribution >= 0.6 is 0 Å². The molecule has 1 amide bonds. The number of nitrogens with one attached hydrogen (secondary N) is 1. The minimum absolute atomic E-state index is 0.0662. The topological polar surface area (TPSA) is 73.2 Å². The van der Waals surface area contributed by atoms with Gasteiger partial charge in [0.1, 0.15) is 5.75 Å². The fourth-order valence-electron chi connectivity index (χ4n) is 2.76. The van der Waals surface area contributed by atoms with Crippen LogP contribution in [-0.2, 0) is 18.3 Å². The van der Waals surface area contributed by atoms with Crippen molar-refractivity contribution >= 4 is 22.4 Å². The van der Waals surface area contributed by atoms with Crippen molar-refractivity contribution in [2.24, 2.45) is 7.05 Å². The Kier molecular flexibility index (Phi) is 5.31. The van der Waals surface area contributed by atoms with Crippen LogP contribution in [-0.4, -0.2) is 22.3 Å². The number of ether oxygens (including phenoxy) is 1. The molecule has 1 heterocycles. The van der Waals surface area contributed by atoms with Crippen LogP contribution in [0.4, 0.5) is 5.69 Å². The standard InChI is InChI=1S/C20H21N3O3/c1-3-12-26-18-11-7-6-10-16(18)21-19(24)13-17-14-8-4-5-9-15(14)20(25)23(2)22-17/h4-11H,3,12-13H2,1-2H3,(H,21,24). The number of carbonyl (C=O) groups is 1. The maximum absolute atomic E-state index is 12.6. The summed E-state index contributed by atoms with van der Waals surface area (Å²) in [4.78, 5) is 24.7. The molecule has 0 atom stereocenters. The van der Waals surface area contributed by atoms with Gasteiger partial charge in [-0.2, -0.15) is 5.10 Å². The third-order valence-corrected chi connectivity index (χ3v) is 3.98. The smallest absolute Gasteiger partial charge is 0.274 e. The van der Waals surface area contributed by atoms with Gasteiger partial charge >= 0.3 is 0 Å². The first-order chi connectivity index (χ1) is 12.6. The van der Waals surface area contributed by atoms with Gasteiger partial charge in [0.25, 0.3) is 5.56 Å². The molecule has 0 unspecified atom stereocenters. The van der Waals surface area contributed by atoms with E-state index < -0.39 is 0 Å². The quantitative estimate of drug-likeness (QED) is 0.741. The molecular weight excluding hydrogens is 330 g/mol. The second-order valence-corrected chi connectivity index (χ2v) is 5.99. The summed E-state index contributed by atoms with van der Waals surface area (Å²) in [6, 6.07) is 14.5. The van der Waals surface area contributed by atoms with Gasteiger partial charge in [0.2, 0.25) is 5.91 Å². The van der Waals surface area contributed by atoms with Crippen molar-refractivity contribution in [2.75, 3.05) is 11.9 Å².